The first kappa shape index (κ1) is 22.8. The first-order chi connectivity index (χ1) is 15.9. The summed E-state index contributed by atoms with van der Waals surface area (Å²) >= 11 is 6.36. The monoisotopic (exact) mass is 497 g/mol. The molecule has 5 rings (SSSR count). The van der Waals surface area contributed by atoms with Crippen molar-refractivity contribution in [3.63, 3.8) is 0 Å². The highest BCUT2D eigenvalue weighted by Gasteiger charge is 2.35. The van der Waals surface area contributed by atoms with Gasteiger partial charge in [-0.25, -0.2) is 18.1 Å². The Hall–Kier alpha value is -1.95. The Morgan fingerprint density at radius 2 is 1.94 bits per heavy atom. The van der Waals surface area contributed by atoms with Crippen molar-refractivity contribution >= 4 is 27.3 Å². The third-order valence-electron chi connectivity index (χ3n) is 6.57. The largest absolute Gasteiger partial charge is 0.428 e. The molecule has 2 aromatic heterocycles. The SMILES string of the molecule is O=c1c(Cl)c(NC[C@H]2CCCOC2)cnn1C1CCN(S(=O)(=O)c2cnc(C3CC3)o2)CC1. The fourth-order valence-corrected chi connectivity index (χ4v) is 5.94. The van der Waals surface area contributed by atoms with Gasteiger partial charge >= 0.3 is 0 Å². The van der Waals surface area contributed by atoms with E-state index in [2.05, 4.69) is 15.4 Å². The van der Waals surface area contributed by atoms with Crippen molar-refractivity contribution in [1.29, 1.82) is 0 Å². The van der Waals surface area contributed by atoms with Gasteiger partial charge in [-0.2, -0.15) is 9.40 Å². The Bertz CT molecular complexity index is 1150. The normalized spacial score (nSPS) is 23.0. The van der Waals surface area contributed by atoms with Crippen molar-refractivity contribution < 1.29 is 17.6 Å². The molecule has 2 aliphatic heterocycles. The van der Waals surface area contributed by atoms with Crippen molar-refractivity contribution in [1.82, 2.24) is 19.1 Å². The van der Waals surface area contributed by atoms with Crippen molar-refractivity contribution in [3.05, 3.63) is 33.7 Å². The van der Waals surface area contributed by atoms with Crippen LogP contribution in [0, 0.1) is 5.92 Å². The van der Waals surface area contributed by atoms with Gasteiger partial charge in [0.1, 0.15) is 5.02 Å². The Labute approximate surface area is 197 Å². The molecule has 3 aliphatic rings. The number of nitrogens with zero attached hydrogens (tertiary/aromatic N) is 4. The van der Waals surface area contributed by atoms with Crippen LogP contribution in [0.4, 0.5) is 5.69 Å². The quantitative estimate of drug-likeness (QED) is 0.620. The molecule has 0 radical (unpaired) electrons. The summed E-state index contributed by atoms with van der Waals surface area (Å²) in [4.78, 5) is 17.0. The lowest BCUT2D eigenvalue weighted by molar-refractivity contribution is 0.0595. The summed E-state index contributed by atoms with van der Waals surface area (Å²) in [5, 5.41) is 7.54. The highest BCUT2D eigenvalue weighted by molar-refractivity contribution is 7.89. The van der Waals surface area contributed by atoms with E-state index in [9.17, 15) is 13.2 Å². The summed E-state index contributed by atoms with van der Waals surface area (Å²) in [6.45, 7) is 2.70. The first-order valence-corrected chi connectivity index (χ1v) is 13.3. The van der Waals surface area contributed by atoms with Crippen molar-refractivity contribution in [2.24, 2.45) is 5.92 Å². The topological polar surface area (TPSA) is 120 Å². The fraction of sp³-hybridized carbons (Fsp3) is 0.667. The molecule has 0 amide bonds. The zero-order valence-electron chi connectivity index (χ0n) is 18.3. The number of hydrogen-bond donors (Lipinski definition) is 1. The van der Waals surface area contributed by atoms with Crippen LogP contribution in [0.2, 0.25) is 5.02 Å². The summed E-state index contributed by atoms with van der Waals surface area (Å²) in [6, 6.07) is -0.223. The van der Waals surface area contributed by atoms with Gasteiger partial charge in [-0.15, -0.1) is 0 Å². The highest BCUT2D eigenvalue weighted by Crippen LogP contribution is 2.40. The van der Waals surface area contributed by atoms with Crippen LogP contribution in [0.25, 0.3) is 0 Å². The molecule has 1 N–H and O–H groups in total. The molecule has 180 valence electrons. The number of oxazole rings is 1. The smallest absolute Gasteiger partial charge is 0.287 e. The molecule has 4 heterocycles. The van der Waals surface area contributed by atoms with Crippen LogP contribution in [-0.2, 0) is 14.8 Å². The Morgan fingerprint density at radius 3 is 2.64 bits per heavy atom. The van der Waals surface area contributed by atoms with Crippen LogP contribution in [0.1, 0.15) is 56.4 Å². The second-order valence-electron chi connectivity index (χ2n) is 9.01. The van der Waals surface area contributed by atoms with Crippen LogP contribution in [0.15, 0.2) is 26.7 Å². The van der Waals surface area contributed by atoms with E-state index in [1.807, 2.05) is 0 Å². The zero-order valence-corrected chi connectivity index (χ0v) is 19.9. The number of piperidine rings is 1. The second kappa shape index (κ2) is 9.36. The maximum atomic E-state index is 12.9. The van der Waals surface area contributed by atoms with Gasteiger partial charge in [-0.1, -0.05) is 11.6 Å². The average Bonchev–Trinajstić information content (AvgIpc) is 3.56. The Kier molecular flexibility index (Phi) is 6.47. The van der Waals surface area contributed by atoms with Gasteiger partial charge in [-0.05, 0) is 44.4 Å². The van der Waals surface area contributed by atoms with Gasteiger partial charge in [0.05, 0.1) is 30.7 Å². The van der Waals surface area contributed by atoms with E-state index in [-0.39, 0.29) is 40.7 Å². The number of nitrogens with one attached hydrogen (secondary N) is 1. The maximum absolute atomic E-state index is 12.9. The first-order valence-electron chi connectivity index (χ1n) is 11.5. The minimum atomic E-state index is -3.75. The minimum Gasteiger partial charge on any atom is -0.428 e. The lowest BCUT2D eigenvalue weighted by Crippen LogP contribution is -2.41. The summed E-state index contributed by atoms with van der Waals surface area (Å²) in [5.74, 6) is 1.13. The number of ether oxygens (including phenoxy) is 1. The van der Waals surface area contributed by atoms with Gasteiger partial charge in [0.2, 0.25) is 0 Å². The van der Waals surface area contributed by atoms with Crippen molar-refractivity contribution in [2.75, 3.05) is 38.2 Å². The maximum Gasteiger partial charge on any atom is 0.287 e. The van der Waals surface area contributed by atoms with Crippen molar-refractivity contribution in [3.8, 4) is 0 Å². The molecule has 33 heavy (non-hydrogen) atoms. The number of rotatable bonds is 7. The highest BCUT2D eigenvalue weighted by atomic mass is 35.5. The number of halogens is 1. The fourth-order valence-electron chi connectivity index (χ4n) is 4.42. The number of sulfonamides is 1. The molecular formula is C21H28ClN5O5S. The van der Waals surface area contributed by atoms with Crippen LogP contribution in [0.5, 0.6) is 0 Å². The number of aromatic nitrogens is 3. The molecule has 0 bridgehead atoms. The molecule has 1 saturated carbocycles. The van der Waals surface area contributed by atoms with Gasteiger partial charge < -0.3 is 14.5 Å². The van der Waals surface area contributed by atoms with Crippen LogP contribution < -0.4 is 10.9 Å². The van der Waals surface area contributed by atoms with E-state index < -0.39 is 10.0 Å². The average molecular weight is 498 g/mol. The predicted molar refractivity (Wildman–Crippen MR) is 121 cm³/mol. The van der Waals surface area contributed by atoms with Gasteiger partial charge in [-0.3, -0.25) is 4.79 Å². The van der Waals surface area contributed by atoms with E-state index >= 15 is 0 Å². The van der Waals surface area contributed by atoms with Crippen LogP contribution >= 0.6 is 11.6 Å². The van der Waals surface area contributed by atoms with E-state index in [1.54, 1.807) is 6.20 Å². The lowest BCUT2D eigenvalue weighted by Gasteiger charge is -2.30. The van der Waals surface area contributed by atoms with Crippen molar-refractivity contribution in [2.45, 2.75) is 55.6 Å². The van der Waals surface area contributed by atoms with Gasteiger partial charge in [0.25, 0.3) is 20.7 Å². The summed E-state index contributed by atoms with van der Waals surface area (Å²) in [6.07, 6.45) is 7.87. The third-order valence-corrected chi connectivity index (χ3v) is 8.68. The zero-order chi connectivity index (χ0) is 23.0. The van der Waals surface area contributed by atoms with E-state index in [1.165, 1.54) is 15.2 Å². The number of hydrogen-bond acceptors (Lipinski definition) is 8. The molecule has 10 nitrogen and oxygen atoms in total. The second-order valence-corrected chi connectivity index (χ2v) is 11.3. The summed E-state index contributed by atoms with van der Waals surface area (Å²) in [7, 11) is -3.75. The molecule has 2 saturated heterocycles. The molecule has 12 heteroatoms. The molecule has 0 unspecified atom stereocenters. The minimum absolute atomic E-state index is 0.103. The Morgan fingerprint density at radius 1 is 1.15 bits per heavy atom. The van der Waals surface area contributed by atoms with Crippen LogP contribution in [0.3, 0.4) is 0 Å². The van der Waals surface area contributed by atoms with Gasteiger partial charge in [0.15, 0.2) is 5.89 Å². The third kappa shape index (κ3) is 4.82. The lowest BCUT2D eigenvalue weighted by atomic mass is 10.0. The standard InChI is InChI=1S/C21H28ClN5O5S/c22-19-17(23-10-14-2-1-9-31-13-14)11-25-27(21(19)28)16-5-7-26(8-6-16)33(29,30)18-12-24-20(32-18)15-3-4-15/h11-12,14-16,23H,1-10,13H2/t14-/m1/s1. The molecule has 1 aliphatic carbocycles. The predicted octanol–water partition coefficient (Wildman–Crippen LogP) is 2.63. The molecule has 3 fully saturated rings. The molecule has 0 aromatic carbocycles. The van der Waals surface area contributed by atoms with E-state index in [4.69, 9.17) is 20.8 Å². The summed E-state index contributed by atoms with van der Waals surface area (Å²) in [5.41, 5.74) is 0.146. The molecular weight excluding hydrogens is 470 g/mol. The molecule has 0 spiro atoms. The molecule has 2 aromatic rings. The Balaban J connectivity index is 1.22. The van der Waals surface area contributed by atoms with E-state index in [0.717, 1.165) is 32.3 Å². The van der Waals surface area contributed by atoms with Crippen LogP contribution in [-0.4, -0.2) is 60.3 Å². The van der Waals surface area contributed by atoms with E-state index in [0.29, 0.717) is 43.5 Å². The van der Waals surface area contributed by atoms with Gasteiger partial charge in [0, 0.05) is 32.2 Å². The molecule has 1 atom stereocenters. The number of anilines is 1. The summed E-state index contributed by atoms with van der Waals surface area (Å²) < 4.78 is 39.6.